The second-order valence-electron chi connectivity index (χ2n) is 2.30. The topological polar surface area (TPSA) is 66.9 Å². The molecule has 0 aliphatic carbocycles. The van der Waals surface area contributed by atoms with Crippen molar-refractivity contribution in [2.75, 3.05) is 5.43 Å². The Bertz CT molecular complexity index is 352. The summed E-state index contributed by atoms with van der Waals surface area (Å²) in [5.41, 5.74) is 3.32. The Morgan fingerprint density at radius 2 is 1.87 bits per heavy atom. The number of carbonyl (C=O) groups excluding carboxylic acids is 1. The fourth-order valence-electron chi connectivity index (χ4n) is 0.560. The molecular weight excluding hydrogens is 281 g/mol. The molecule has 0 saturated heterocycles. The maximum atomic E-state index is 11.7. The van der Waals surface area contributed by atoms with Gasteiger partial charge in [-0.1, -0.05) is 0 Å². The Labute approximate surface area is 90.2 Å². The third kappa shape index (κ3) is 3.70. The third-order valence-corrected chi connectivity index (χ3v) is 1.58. The molecule has 0 aromatic carbocycles. The lowest BCUT2D eigenvalue weighted by molar-refractivity contribution is -0.173. The first-order chi connectivity index (χ1) is 6.89. The van der Waals surface area contributed by atoms with Gasteiger partial charge in [-0.05, 0) is 15.9 Å². The van der Waals surface area contributed by atoms with E-state index < -0.39 is 12.1 Å². The Morgan fingerprint density at radius 3 is 2.33 bits per heavy atom. The zero-order valence-electron chi connectivity index (χ0n) is 6.97. The van der Waals surface area contributed by atoms with Crippen LogP contribution in [0.4, 0.5) is 19.1 Å². The van der Waals surface area contributed by atoms with Crippen LogP contribution in [0.2, 0.25) is 0 Å². The molecule has 1 rings (SSSR count). The molecular formula is C6H4BrF3N4O. The summed E-state index contributed by atoms with van der Waals surface area (Å²) in [5, 5.41) is 0. The lowest BCUT2D eigenvalue weighted by Gasteiger charge is -2.08. The van der Waals surface area contributed by atoms with Crippen LogP contribution in [0.3, 0.4) is 0 Å². The SMILES string of the molecule is O=C(NNc1ncc(Br)cn1)C(F)(F)F. The van der Waals surface area contributed by atoms with Crippen molar-refractivity contribution >= 4 is 27.8 Å². The van der Waals surface area contributed by atoms with Crippen molar-refractivity contribution in [3.8, 4) is 0 Å². The maximum Gasteiger partial charge on any atom is 0.472 e. The van der Waals surface area contributed by atoms with E-state index in [2.05, 4.69) is 25.9 Å². The van der Waals surface area contributed by atoms with Crippen LogP contribution >= 0.6 is 15.9 Å². The first-order valence-corrected chi connectivity index (χ1v) is 4.29. The normalized spacial score (nSPS) is 10.9. The molecule has 9 heteroatoms. The molecule has 0 unspecified atom stereocenters. The summed E-state index contributed by atoms with van der Waals surface area (Å²) in [7, 11) is 0. The number of hydrazine groups is 1. The molecule has 5 nitrogen and oxygen atoms in total. The van der Waals surface area contributed by atoms with Gasteiger partial charge in [-0.25, -0.2) is 9.97 Å². The summed E-state index contributed by atoms with van der Waals surface area (Å²) in [6, 6.07) is 0. The van der Waals surface area contributed by atoms with Gasteiger partial charge in [0.05, 0.1) is 4.47 Å². The van der Waals surface area contributed by atoms with Crippen LogP contribution in [0.1, 0.15) is 0 Å². The number of carbonyl (C=O) groups is 1. The van der Waals surface area contributed by atoms with Gasteiger partial charge in [0.1, 0.15) is 0 Å². The summed E-state index contributed by atoms with van der Waals surface area (Å²) in [5.74, 6) is -2.26. The van der Waals surface area contributed by atoms with Crippen LogP contribution in [-0.2, 0) is 4.79 Å². The van der Waals surface area contributed by atoms with Gasteiger partial charge < -0.3 is 0 Å². The first-order valence-electron chi connectivity index (χ1n) is 3.50. The number of halogens is 4. The summed E-state index contributed by atoms with van der Waals surface area (Å²) in [6.45, 7) is 0. The maximum absolute atomic E-state index is 11.7. The average Bonchev–Trinajstić information content (AvgIpc) is 2.15. The van der Waals surface area contributed by atoms with Gasteiger partial charge in [-0.3, -0.25) is 15.6 Å². The number of rotatable bonds is 2. The minimum absolute atomic E-state index is 0.143. The van der Waals surface area contributed by atoms with Gasteiger partial charge in [-0.2, -0.15) is 13.2 Å². The summed E-state index contributed by atoms with van der Waals surface area (Å²) < 4.78 is 35.7. The highest BCUT2D eigenvalue weighted by Gasteiger charge is 2.38. The van der Waals surface area contributed by atoms with E-state index in [4.69, 9.17) is 0 Å². The van der Waals surface area contributed by atoms with Crippen LogP contribution in [0.25, 0.3) is 0 Å². The fraction of sp³-hybridized carbons (Fsp3) is 0.167. The number of amides is 1. The van der Waals surface area contributed by atoms with Crippen LogP contribution in [0, 0.1) is 0 Å². The van der Waals surface area contributed by atoms with Gasteiger partial charge in [0.2, 0.25) is 5.95 Å². The van der Waals surface area contributed by atoms with Gasteiger partial charge in [0.25, 0.3) is 0 Å². The van der Waals surface area contributed by atoms with Crippen molar-refractivity contribution in [3.05, 3.63) is 16.9 Å². The van der Waals surface area contributed by atoms with E-state index in [1.165, 1.54) is 17.8 Å². The Balaban J connectivity index is 2.51. The highest BCUT2D eigenvalue weighted by molar-refractivity contribution is 9.10. The van der Waals surface area contributed by atoms with Gasteiger partial charge in [0, 0.05) is 12.4 Å². The zero-order valence-corrected chi connectivity index (χ0v) is 8.56. The van der Waals surface area contributed by atoms with E-state index in [1.54, 1.807) is 0 Å². The van der Waals surface area contributed by atoms with Gasteiger partial charge in [-0.15, -0.1) is 0 Å². The van der Waals surface area contributed by atoms with Crippen molar-refractivity contribution in [2.45, 2.75) is 6.18 Å². The van der Waals surface area contributed by atoms with Crippen LogP contribution in [0.5, 0.6) is 0 Å². The molecule has 2 N–H and O–H groups in total. The van der Waals surface area contributed by atoms with Crippen molar-refractivity contribution in [3.63, 3.8) is 0 Å². The highest BCUT2D eigenvalue weighted by Crippen LogP contribution is 2.14. The largest absolute Gasteiger partial charge is 0.472 e. The summed E-state index contributed by atoms with van der Waals surface area (Å²) in [4.78, 5) is 17.5. The molecule has 0 saturated carbocycles. The number of nitrogens with one attached hydrogen (secondary N) is 2. The smallest absolute Gasteiger partial charge is 0.265 e. The molecule has 0 atom stereocenters. The monoisotopic (exact) mass is 284 g/mol. The fourth-order valence-corrected chi connectivity index (χ4v) is 0.765. The Kier molecular flexibility index (Phi) is 3.45. The number of hydrogen-bond donors (Lipinski definition) is 2. The predicted molar refractivity (Wildman–Crippen MR) is 47.6 cm³/mol. The Morgan fingerprint density at radius 1 is 1.33 bits per heavy atom. The number of hydrogen-bond acceptors (Lipinski definition) is 4. The number of alkyl halides is 3. The van der Waals surface area contributed by atoms with E-state index in [-0.39, 0.29) is 5.95 Å². The van der Waals surface area contributed by atoms with Gasteiger partial charge in [0.15, 0.2) is 0 Å². The molecule has 1 heterocycles. The third-order valence-electron chi connectivity index (χ3n) is 1.17. The summed E-state index contributed by atoms with van der Waals surface area (Å²) >= 11 is 3.04. The van der Waals surface area contributed by atoms with E-state index in [0.717, 1.165) is 0 Å². The quantitative estimate of drug-likeness (QED) is 0.802. The van der Waals surface area contributed by atoms with E-state index in [1.807, 2.05) is 5.43 Å². The number of nitrogens with zero attached hydrogens (tertiary/aromatic N) is 2. The molecule has 1 aromatic heterocycles. The molecule has 0 aliphatic rings. The van der Waals surface area contributed by atoms with Crippen LogP contribution in [0.15, 0.2) is 16.9 Å². The predicted octanol–water partition coefficient (Wildman–Crippen LogP) is 1.24. The van der Waals surface area contributed by atoms with Crippen LogP contribution in [-0.4, -0.2) is 22.1 Å². The Hall–Kier alpha value is -1.38. The average molecular weight is 285 g/mol. The number of anilines is 1. The zero-order chi connectivity index (χ0) is 11.5. The molecule has 82 valence electrons. The van der Waals surface area contributed by atoms with Gasteiger partial charge >= 0.3 is 12.1 Å². The molecule has 0 spiro atoms. The summed E-state index contributed by atoms with van der Waals surface area (Å²) in [6.07, 6.45) is -2.31. The molecule has 0 aliphatic heterocycles. The van der Waals surface area contributed by atoms with Crippen molar-refractivity contribution in [1.82, 2.24) is 15.4 Å². The lowest BCUT2D eigenvalue weighted by atomic mass is 10.6. The standard InChI is InChI=1S/C6H4BrF3N4O/c7-3-1-11-5(12-2-3)14-13-4(15)6(8,9)10/h1-2H,(H,13,15)(H,11,12,14). The second-order valence-corrected chi connectivity index (χ2v) is 3.22. The highest BCUT2D eigenvalue weighted by atomic mass is 79.9. The van der Waals surface area contributed by atoms with Crippen LogP contribution < -0.4 is 10.9 Å². The second kappa shape index (κ2) is 4.43. The molecule has 0 fully saturated rings. The molecule has 1 amide bonds. The molecule has 15 heavy (non-hydrogen) atoms. The van der Waals surface area contributed by atoms with Crippen molar-refractivity contribution in [1.29, 1.82) is 0 Å². The van der Waals surface area contributed by atoms with Crippen molar-refractivity contribution in [2.24, 2.45) is 0 Å². The molecule has 1 aromatic rings. The number of aromatic nitrogens is 2. The first kappa shape index (κ1) is 11.7. The molecule has 0 bridgehead atoms. The van der Waals surface area contributed by atoms with Crippen molar-refractivity contribution < 1.29 is 18.0 Å². The lowest BCUT2D eigenvalue weighted by Crippen LogP contribution is -2.40. The minimum Gasteiger partial charge on any atom is -0.265 e. The van der Waals surface area contributed by atoms with E-state index >= 15 is 0 Å². The van der Waals surface area contributed by atoms with E-state index in [9.17, 15) is 18.0 Å². The molecule has 0 radical (unpaired) electrons. The van der Waals surface area contributed by atoms with E-state index in [0.29, 0.717) is 4.47 Å². The minimum atomic E-state index is -4.94.